The quantitative estimate of drug-likeness (QED) is 0.232. The van der Waals surface area contributed by atoms with Crippen LogP contribution in [0.15, 0.2) is 0 Å². The maximum atomic E-state index is 15.0. The summed E-state index contributed by atoms with van der Waals surface area (Å²) in [6, 6.07) is -7.42. The lowest BCUT2D eigenvalue weighted by atomic mass is 9.78. The first-order valence-corrected chi connectivity index (χ1v) is 32.9. The highest BCUT2D eigenvalue weighted by Crippen LogP contribution is 2.44. The third-order valence-corrected chi connectivity index (χ3v) is 20.1. The molecule has 4 N–H and O–H groups in total. The number of amides is 11. The zero-order valence-electron chi connectivity index (χ0n) is 54.4. The average molecular weight is 1280 g/mol. The van der Waals surface area contributed by atoms with Crippen LogP contribution in [0, 0.1) is 35.5 Å². The minimum atomic E-state index is -4.49. The molecule has 4 aliphatic carbocycles. The Kier molecular flexibility index (Phi) is 25.6. The molecule has 6 aliphatic rings. The molecule has 2 saturated heterocycles. The van der Waals surface area contributed by atoms with Crippen LogP contribution in [-0.4, -0.2) is 227 Å². The van der Waals surface area contributed by atoms with Gasteiger partial charge in [0, 0.05) is 66.7 Å². The smallest absolute Gasteiger partial charge is 0.351 e. The second kappa shape index (κ2) is 31.5. The largest absolute Gasteiger partial charge is 0.393 e. The fourth-order valence-electron chi connectivity index (χ4n) is 14.1. The normalized spacial score (nSPS) is 30.5. The van der Waals surface area contributed by atoms with Crippen LogP contribution in [0.4, 0.5) is 13.2 Å². The van der Waals surface area contributed by atoms with E-state index in [0.717, 1.165) is 41.9 Å². The molecule has 4 saturated carbocycles. The van der Waals surface area contributed by atoms with Gasteiger partial charge in [0.15, 0.2) is 0 Å². The first-order chi connectivity index (χ1) is 41.7. The lowest BCUT2D eigenvalue weighted by Crippen LogP contribution is -2.64. The van der Waals surface area contributed by atoms with Crippen molar-refractivity contribution < 1.29 is 65.9 Å². The van der Waals surface area contributed by atoms with Crippen LogP contribution in [0.3, 0.4) is 0 Å². The Morgan fingerprint density at radius 1 is 0.596 bits per heavy atom. The lowest BCUT2D eigenvalue weighted by molar-refractivity contribution is -0.182. The molecule has 26 heteroatoms. The van der Waals surface area contributed by atoms with Gasteiger partial charge in [0.2, 0.25) is 65.0 Å². The second-order valence-corrected chi connectivity index (χ2v) is 28.2. The molecule has 0 aromatic carbocycles. The van der Waals surface area contributed by atoms with E-state index >= 15 is 4.79 Å². The summed E-state index contributed by atoms with van der Waals surface area (Å²) in [7, 11) is 8.65. The van der Waals surface area contributed by atoms with Gasteiger partial charge in [0.05, 0.1) is 25.6 Å². The number of nitrogens with one attached hydrogen (secondary N) is 4. The van der Waals surface area contributed by atoms with Gasteiger partial charge >= 0.3 is 6.18 Å². The monoisotopic (exact) mass is 1280 g/mol. The van der Waals surface area contributed by atoms with Crippen molar-refractivity contribution in [2.45, 2.75) is 229 Å². The molecule has 6 rings (SSSR count). The molecule has 0 bridgehead atoms. The molecule has 2 aliphatic heterocycles. The van der Waals surface area contributed by atoms with Crippen LogP contribution in [0.25, 0.3) is 0 Å². The molecular weight excluding hydrogens is 1180 g/mol. The number of alkyl halides is 4. The SMILES string of the molecule is CC(C)C[C@H]1C(=O)N[C@@H](C2CC2)C(=O)N(C)CC(=O)N(C)CC(=O)N(C)[C@@H](CC2CCCCC2)C(=O)N(C)CC(=O)N[C@@H](CCC2CCC(C(F)(F)F)C(Cl)C2)C(=O)N2CCC[C@H]2C(=O)NC2(CCCC2)C(=O)N(C)[C@@H](C(C)C)C(=O)N[C@H](C)CC(=O)N1C. The van der Waals surface area contributed by atoms with E-state index in [2.05, 4.69) is 21.3 Å². The fourth-order valence-corrected chi connectivity index (χ4v) is 14.7. The van der Waals surface area contributed by atoms with E-state index in [4.69, 9.17) is 11.6 Å². The number of rotatable bonds is 9. The number of carbonyl (C=O) groups excluding carboxylic acids is 11. The number of hydrogen-bond donors (Lipinski definition) is 4. The Hall–Kier alpha value is -5.75. The summed E-state index contributed by atoms with van der Waals surface area (Å²) in [6.07, 6.45) is 3.78. The van der Waals surface area contributed by atoms with Gasteiger partial charge in [-0.1, -0.05) is 72.6 Å². The zero-order chi connectivity index (χ0) is 66.0. The third-order valence-electron chi connectivity index (χ3n) is 19.6. The summed E-state index contributed by atoms with van der Waals surface area (Å²) in [5.74, 6) is -9.22. The summed E-state index contributed by atoms with van der Waals surface area (Å²) in [6.45, 7) is 7.53. The molecule has 11 amide bonds. The molecule has 6 fully saturated rings. The zero-order valence-corrected chi connectivity index (χ0v) is 55.1. The lowest BCUT2D eigenvalue weighted by Gasteiger charge is -2.39. The van der Waals surface area contributed by atoms with E-state index in [-0.39, 0.29) is 101 Å². The van der Waals surface area contributed by atoms with E-state index in [1.807, 2.05) is 13.8 Å². The van der Waals surface area contributed by atoms with Crippen molar-refractivity contribution in [1.82, 2.24) is 55.6 Å². The molecule has 0 aromatic heterocycles. The molecule has 22 nitrogen and oxygen atoms in total. The van der Waals surface area contributed by atoms with E-state index in [9.17, 15) is 61.1 Å². The highest BCUT2D eigenvalue weighted by Gasteiger charge is 2.51. The van der Waals surface area contributed by atoms with Crippen LogP contribution >= 0.6 is 11.6 Å². The molecule has 502 valence electrons. The van der Waals surface area contributed by atoms with Gasteiger partial charge in [0.1, 0.15) is 41.8 Å². The van der Waals surface area contributed by atoms with E-state index < -0.39 is 156 Å². The van der Waals surface area contributed by atoms with Crippen molar-refractivity contribution >= 4 is 76.6 Å². The predicted molar refractivity (Wildman–Crippen MR) is 327 cm³/mol. The van der Waals surface area contributed by atoms with Crippen molar-refractivity contribution in [3.05, 3.63) is 0 Å². The van der Waals surface area contributed by atoms with Gasteiger partial charge in [-0.15, -0.1) is 11.6 Å². The van der Waals surface area contributed by atoms with Gasteiger partial charge in [-0.2, -0.15) is 13.2 Å². The molecule has 3 unspecified atom stereocenters. The number of halogens is 4. The highest BCUT2D eigenvalue weighted by molar-refractivity contribution is 6.20. The summed E-state index contributed by atoms with van der Waals surface area (Å²) >= 11 is 6.35. The van der Waals surface area contributed by atoms with Crippen molar-refractivity contribution in [1.29, 1.82) is 0 Å². The molecule has 2 heterocycles. The molecule has 89 heavy (non-hydrogen) atoms. The molecule has 1 spiro atoms. The Bertz CT molecular complexity index is 2560. The van der Waals surface area contributed by atoms with Crippen LogP contribution in [0.1, 0.15) is 169 Å². The Labute approximate surface area is 528 Å². The fraction of sp³-hybridized carbons (Fsp3) is 0.825. The van der Waals surface area contributed by atoms with Crippen molar-refractivity contribution in [2.75, 3.05) is 68.5 Å². The van der Waals surface area contributed by atoms with Crippen molar-refractivity contribution in [3.63, 3.8) is 0 Å². The summed E-state index contributed by atoms with van der Waals surface area (Å²) in [4.78, 5) is 168. The predicted octanol–water partition coefficient (Wildman–Crippen LogP) is 4.59. The average Bonchev–Trinajstić information content (AvgIpc) is 2.66. The van der Waals surface area contributed by atoms with Gasteiger partial charge in [-0.3, -0.25) is 52.7 Å². The maximum Gasteiger partial charge on any atom is 0.393 e. The topological polar surface area (TPSA) is 259 Å². The number of hydrogen-bond acceptors (Lipinski definition) is 11. The van der Waals surface area contributed by atoms with Crippen molar-refractivity contribution in [2.24, 2.45) is 35.5 Å². The van der Waals surface area contributed by atoms with Crippen LogP contribution in [0.2, 0.25) is 0 Å². The van der Waals surface area contributed by atoms with Crippen LogP contribution in [0.5, 0.6) is 0 Å². The standard InChI is InChI=1S/C63H101ClF3N11O11/c1-37(2)30-47-55(83)70-53(42-23-24-42)60(88)74(8)35-51(81)72(6)36-52(82)76(10)48(33-40-18-13-12-14-19-40)59(87)73(7)34-49(79)69-45(26-22-41-21-25-43(44(64)32-41)63(65,66)67)58(86)78-29-17-20-46(78)56(84)71-62(27-15-16-28-62)61(89)77(11)54(38(3)4)57(85)68-39(5)31-50(80)75(47)9/h37-48,53-54H,12-36H2,1-11H3,(H,68,85)(H,69,79)(H,70,83)(H,71,84)/t39-,41?,43?,44?,45+,46+,47+,48+,53+,54+/m1/s1. The molecular formula is C63H101ClF3N11O11. The van der Waals surface area contributed by atoms with E-state index in [0.29, 0.717) is 32.1 Å². The number of carbonyl (C=O) groups is 11. The Morgan fingerprint density at radius 3 is 1.81 bits per heavy atom. The van der Waals surface area contributed by atoms with Crippen molar-refractivity contribution in [3.8, 4) is 0 Å². The second-order valence-electron chi connectivity index (χ2n) is 27.6. The van der Waals surface area contributed by atoms with Crippen LogP contribution < -0.4 is 21.3 Å². The first kappa shape index (κ1) is 72.3. The minimum absolute atomic E-state index is 0.0166. The molecule has 0 aromatic rings. The maximum absolute atomic E-state index is 15.0. The third kappa shape index (κ3) is 18.9. The Balaban J connectivity index is 1.33. The summed E-state index contributed by atoms with van der Waals surface area (Å²) < 4.78 is 41.7. The summed E-state index contributed by atoms with van der Waals surface area (Å²) in [5, 5.41) is 10.4. The molecule has 10 atom stereocenters. The van der Waals surface area contributed by atoms with E-state index in [1.54, 1.807) is 20.8 Å². The first-order valence-electron chi connectivity index (χ1n) is 32.5. The van der Waals surface area contributed by atoms with Gasteiger partial charge in [-0.05, 0) is 120 Å². The highest BCUT2D eigenvalue weighted by atomic mass is 35.5. The minimum Gasteiger partial charge on any atom is -0.351 e. The summed E-state index contributed by atoms with van der Waals surface area (Å²) in [5.41, 5.74) is -1.47. The number of nitrogens with zero attached hydrogens (tertiary/aromatic N) is 7. The van der Waals surface area contributed by atoms with Gasteiger partial charge < -0.3 is 55.6 Å². The Morgan fingerprint density at radius 2 is 1.21 bits per heavy atom. The van der Waals surface area contributed by atoms with Gasteiger partial charge in [0.25, 0.3) is 0 Å². The van der Waals surface area contributed by atoms with E-state index in [1.165, 1.54) is 66.8 Å². The number of fused-ring (bicyclic) bond motifs is 1. The van der Waals surface area contributed by atoms with Gasteiger partial charge in [-0.25, -0.2) is 0 Å². The number of likely N-dealkylation sites (N-methyl/N-ethyl adjacent to an activating group) is 6. The molecule has 0 radical (unpaired) electrons. The van der Waals surface area contributed by atoms with Crippen LogP contribution in [-0.2, 0) is 52.7 Å².